The summed E-state index contributed by atoms with van der Waals surface area (Å²) in [5, 5.41) is 0. The van der Waals surface area contributed by atoms with Crippen molar-refractivity contribution in [3.05, 3.63) is 33.7 Å². The normalized spacial score (nSPS) is 10.7. The van der Waals surface area contributed by atoms with Crippen LogP contribution in [0.5, 0.6) is 0 Å². The molecule has 1 aromatic rings. The molecule has 6 heteroatoms. The number of rotatable bonds is 16. The molecule has 0 amide bonds. The van der Waals surface area contributed by atoms with E-state index in [1.165, 1.54) is 38.5 Å². The topological polar surface area (TPSA) is 85.5 Å². The van der Waals surface area contributed by atoms with E-state index in [2.05, 4.69) is 18.8 Å². The Balaban J connectivity index is 2.39. The molecule has 29 heavy (non-hydrogen) atoms. The maximum atomic E-state index is 12.1. The Morgan fingerprint density at radius 1 is 0.690 bits per heavy atom. The van der Waals surface area contributed by atoms with E-state index in [1.807, 2.05) is 0 Å². The average Bonchev–Trinajstić information content (AvgIpc) is 2.71. The van der Waals surface area contributed by atoms with Crippen LogP contribution in [0.25, 0.3) is 0 Å². The lowest BCUT2D eigenvalue weighted by atomic mass is 10.1. The number of H-pyrrole nitrogens is 1. The SMILES string of the molecule is CCCCCCCCOC(=O)c1cc(=O)cc(C(=O)OCCCCCCCC)[nH]1. The van der Waals surface area contributed by atoms with Gasteiger partial charge in [-0.25, -0.2) is 9.59 Å². The fourth-order valence-corrected chi connectivity index (χ4v) is 3.01. The number of hydrogen-bond donors (Lipinski definition) is 1. The lowest BCUT2D eigenvalue weighted by Crippen LogP contribution is -2.18. The van der Waals surface area contributed by atoms with Gasteiger partial charge in [-0.2, -0.15) is 0 Å². The highest BCUT2D eigenvalue weighted by Crippen LogP contribution is 2.08. The summed E-state index contributed by atoms with van der Waals surface area (Å²) in [4.78, 5) is 38.8. The van der Waals surface area contributed by atoms with Crippen LogP contribution in [-0.4, -0.2) is 30.1 Å². The van der Waals surface area contributed by atoms with Gasteiger partial charge in [-0.05, 0) is 12.8 Å². The van der Waals surface area contributed by atoms with Gasteiger partial charge in [0.25, 0.3) is 0 Å². The Hall–Kier alpha value is -2.11. The number of carbonyl (C=O) groups is 2. The van der Waals surface area contributed by atoms with E-state index in [1.54, 1.807) is 0 Å². The second kappa shape index (κ2) is 15.8. The standard InChI is InChI=1S/C23H37NO5/c1-3-5-7-9-11-13-15-28-22(26)20-17-19(25)18-21(24-20)23(27)29-16-14-12-10-8-6-4-2/h17-18H,3-16H2,1-2H3,(H,24,25). The molecule has 0 saturated heterocycles. The van der Waals surface area contributed by atoms with E-state index in [0.29, 0.717) is 13.2 Å². The van der Waals surface area contributed by atoms with Gasteiger partial charge in [-0.15, -0.1) is 0 Å². The lowest BCUT2D eigenvalue weighted by molar-refractivity contribution is 0.0482. The molecule has 0 aliphatic heterocycles. The maximum absolute atomic E-state index is 12.1. The van der Waals surface area contributed by atoms with Crippen LogP contribution in [0, 0.1) is 0 Å². The number of pyridine rings is 1. The molecule has 1 heterocycles. The molecule has 0 aliphatic carbocycles. The molecular formula is C23H37NO5. The molecule has 0 aliphatic rings. The predicted molar refractivity (Wildman–Crippen MR) is 114 cm³/mol. The Bertz CT molecular complexity index is 602. The van der Waals surface area contributed by atoms with Crippen molar-refractivity contribution in [3.8, 4) is 0 Å². The number of aromatic nitrogens is 1. The third-order valence-corrected chi connectivity index (χ3v) is 4.74. The van der Waals surface area contributed by atoms with Crippen LogP contribution in [0.2, 0.25) is 0 Å². The molecule has 0 aromatic carbocycles. The van der Waals surface area contributed by atoms with Crippen molar-refractivity contribution in [2.45, 2.75) is 90.9 Å². The van der Waals surface area contributed by atoms with Crippen LogP contribution in [-0.2, 0) is 9.47 Å². The Morgan fingerprint density at radius 2 is 1.07 bits per heavy atom. The van der Waals surface area contributed by atoms with Crippen LogP contribution in [0.4, 0.5) is 0 Å². The number of esters is 2. The summed E-state index contributed by atoms with van der Waals surface area (Å²) in [5.41, 5.74) is -0.466. The van der Waals surface area contributed by atoms with E-state index in [9.17, 15) is 14.4 Å². The molecule has 6 nitrogen and oxygen atoms in total. The summed E-state index contributed by atoms with van der Waals surface area (Å²) in [7, 11) is 0. The molecule has 0 radical (unpaired) electrons. The first-order chi connectivity index (χ1) is 14.1. The Kier molecular flexibility index (Phi) is 13.6. The van der Waals surface area contributed by atoms with Crippen molar-refractivity contribution >= 4 is 11.9 Å². The first kappa shape index (κ1) is 24.9. The minimum atomic E-state index is -0.624. The largest absolute Gasteiger partial charge is 0.461 e. The number of nitrogens with one attached hydrogen (secondary N) is 1. The molecule has 0 spiro atoms. The molecule has 1 aromatic heterocycles. The van der Waals surface area contributed by atoms with Gasteiger partial charge in [-0.3, -0.25) is 4.79 Å². The summed E-state index contributed by atoms with van der Waals surface area (Å²) in [5.74, 6) is -1.25. The number of hydrogen-bond acceptors (Lipinski definition) is 5. The Labute approximate surface area is 174 Å². The first-order valence-corrected chi connectivity index (χ1v) is 11.2. The van der Waals surface area contributed by atoms with Gasteiger partial charge in [0.05, 0.1) is 13.2 Å². The van der Waals surface area contributed by atoms with Crippen LogP contribution >= 0.6 is 0 Å². The zero-order valence-corrected chi connectivity index (χ0v) is 18.1. The molecule has 0 bridgehead atoms. The van der Waals surface area contributed by atoms with Gasteiger partial charge >= 0.3 is 11.9 Å². The fourth-order valence-electron chi connectivity index (χ4n) is 3.01. The molecule has 164 valence electrons. The first-order valence-electron chi connectivity index (χ1n) is 11.2. The lowest BCUT2D eigenvalue weighted by Gasteiger charge is -2.08. The van der Waals surface area contributed by atoms with Gasteiger partial charge in [0.15, 0.2) is 5.43 Å². The minimum Gasteiger partial charge on any atom is -0.461 e. The highest BCUT2D eigenvalue weighted by Gasteiger charge is 2.14. The maximum Gasteiger partial charge on any atom is 0.354 e. The van der Waals surface area contributed by atoms with Crippen molar-refractivity contribution in [3.63, 3.8) is 0 Å². The van der Waals surface area contributed by atoms with Crippen molar-refractivity contribution in [1.29, 1.82) is 0 Å². The summed E-state index contributed by atoms with van der Waals surface area (Å²) < 4.78 is 10.4. The monoisotopic (exact) mass is 407 g/mol. The summed E-state index contributed by atoms with van der Waals surface area (Å²) in [6, 6.07) is 2.29. The zero-order chi connectivity index (χ0) is 21.3. The Morgan fingerprint density at radius 3 is 1.48 bits per heavy atom. The van der Waals surface area contributed by atoms with Crippen LogP contribution in [0.3, 0.4) is 0 Å². The van der Waals surface area contributed by atoms with Gasteiger partial charge < -0.3 is 14.5 Å². The van der Waals surface area contributed by atoms with E-state index in [4.69, 9.17) is 9.47 Å². The summed E-state index contributed by atoms with van der Waals surface area (Å²) in [6.45, 7) is 4.95. The third kappa shape index (κ3) is 11.5. The van der Waals surface area contributed by atoms with E-state index >= 15 is 0 Å². The van der Waals surface area contributed by atoms with Crippen molar-refractivity contribution in [1.82, 2.24) is 4.98 Å². The minimum absolute atomic E-state index is 0.0185. The van der Waals surface area contributed by atoms with E-state index in [0.717, 1.165) is 50.7 Å². The zero-order valence-electron chi connectivity index (χ0n) is 18.1. The van der Waals surface area contributed by atoms with Gasteiger partial charge in [-0.1, -0.05) is 78.1 Å². The third-order valence-electron chi connectivity index (χ3n) is 4.74. The van der Waals surface area contributed by atoms with Crippen LogP contribution < -0.4 is 5.43 Å². The number of aromatic amines is 1. The van der Waals surface area contributed by atoms with E-state index in [-0.39, 0.29) is 11.4 Å². The van der Waals surface area contributed by atoms with E-state index < -0.39 is 17.4 Å². The van der Waals surface area contributed by atoms with Crippen molar-refractivity contribution in [2.24, 2.45) is 0 Å². The fraction of sp³-hybridized carbons (Fsp3) is 0.696. The van der Waals surface area contributed by atoms with Crippen molar-refractivity contribution < 1.29 is 19.1 Å². The molecule has 0 saturated carbocycles. The number of unbranched alkanes of at least 4 members (excludes halogenated alkanes) is 10. The summed E-state index contributed by atoms with van der Waals surface area (Å²) >= 11 is 0. The molecule has 0 unspecified atom stereocenters. The molecule has 1 rings (SSSR count). The second-order valence-electron chi connectivity index (χ2n) is 7.45. The smallest absolute Gasteiger partial charge is 0.354 e. The molecule has 0 fully saturated rings. The van der Waals surface area contributed by atoms with Crippen LogP contribution in [0.1, 0.15) is 112 Å². The van der Waals surface area contributed by atoms with Crippen molar-refractivity contribution in [2.75, 3.05) is 13.2 Å². The quantitative estimate of drug-likeness (QED) is 0.292. The predicted octanol–water partition coefficient (Wildman–Crippen LogP) is 5.41. The number of ether oxygens (including phenoxy) is 2. The van der Waals surface area contributed by atoms with Crippen LogP contribution in [0.15, 0.2) is 16.9 Å². The highest BCUT2D eigenvalue weighted by molar-refractivity contribution is 5.91. The van der Waals surface area contributed by atoms with Gasteiger partial charge in [0.2, 0.25) is 0 Å². The summed E-state index contributed by atoms with van der Waals surface area (Å²) in [6.07, 6.45) is 13.1. The second-order valence-corrected chi connectivity index (χ2v) is 7.45. The van der Waals surface area contributed by atoms with Gasteiger partial charge in [0.1, 0.15) is 11.4 Å². The highest BCUT2D eigenvalue weighted by atomic mass is 16.5. The molecular weight excluding hydrogens is 370 g/mol. The van der Waals surface area contributed by atoms with Gasteiger partial charge in [0, 0.05) is 12.1 Å². The number of carbonyl (C=O) groups excluding carboxylic acids is 2. The average molecular weight is 408 g/mol. The molecule has 1 N–H and O–H groups in total. The molecule has 0 atom stereocenters.